The maximum atomic E-state index is 10.4. The summed E-state index contributed by atoms with van der Waals surface area (Å²) in [6.07, 6.45) is 10.6. The van der Waals surface area contributed by atoms with Crippen molar-refractivity contribution < 1.29 is 9.84 Å². The molecule has 5 unspecified atom stereocenters. The normalized spacial score (nSPS) is 58.6. The molecule has 4 fully saturated rings. The van der Waals surface area contributed by atoms with Crippen LogP contribution in [0.2, 0.25) is 0 Å². The molecule has 0 amide bonds. The van der Waals surface area contributed by atoms with E-state index in [0.29, 0.717) is 11.5 Å². The SMILES string of the molecule is C[C@]12CCCOC1CCC1C2CC[C@]2(C)C(O)CCC12. The Balaban J connectivity index is 1.64. The number of fused-ring (bicyclic) bond motifs is 5. The zero-order valence-electron chi connectivity index (χ0n) is 13.1. The lowest BCUT2D eigenvalue weighted by Gasteiger charge is -2.59. The minimum absolute atomic E-state index is 0.0402. The molecule has 0 bridgehead atoms. The van der Waals surface area contributed by atoms with Gasteiger partial charge >= 0.3 is 0 Å². The lowest BCUT2D eigenvalue weighted by molar-refractivity contribution is -0.177. The van der Waals surface area contributed by atoms with Gasteiger partial charge in [0.1, 0.15) is 0 Å². The number of hydrogen-bond donors (Lipinski definition) is 1. The van der Waals surface area contributed by atoms with E-state index in [2.05, 4.69) is 13.8 Å². The molecular formula is C18H30O2. The summed E-state index contributed by atoms with van der Waals surface area (Å²) >= 11 is 0. The van der Waals surface area contributed by atoms with E-state index >= 15 is 0 Å². The van der Waals surface area contributed by atoms with Crippen LogP contribution in [0.25, 0.3) is 0 Å². The smallest absolute Gasteiger partial charge is 0.0631 e. The van der Waals surface area contributed by atoms with Crippen LogP contribution in [0.3, 0.4) is 0 Å². The van der Waals surface area contributed by atoms with Crippen molar-refractivity contribution in [1.29, 1.82) is 0 Å². The van der Waals surface area contributed by atoms with Crippen molar-refractivity contribution in [2.24, 2.45) is 28.6 Å². The molecule has 1 N–H and O–H groups in total. The fraction of sp³-hybridized carbons (Fsp3) is 1.00. The molecule has 4 rings (SSSR count). The molecule has 7 atom stereocenters. The van der Waals surface area contributed by atoms with Crippen LogP contribution in [0.1, 0.15) is 65.2 Å². The molecule has 3 aliphatic carbocycles. The monoisotopic (exact) mass is 278 g/mol. The minimum atomic E-state index is -0.0402. The highest BCUT2D eigenvalue weighted by atomic mass is 16.5. The summed E-state index contributed by atoms with van der Waals surface area (Å²) in [7, 11) is 0. The fourth-order valence-corrected chi connectivity index (χ4v) is 6.69. The van der Waals surface area contributed by atoms with Gasteiger partial charge in [0.15, 0.2) is 0 Å². The molecule has 2 heteroatoms. The van der Waals surface area contributed by atoms with Gasteiger partial charge in [-0.2, -0.15) is 0 Å². The molecule has 20 heavy (non-hydrogen) atoms. The number of rotatable bonds is 0. The molecule has 1 heterocycles. The number of ether oxygens (including phenoxy) is 1. The summed E-state index contributed by atoms with van der Waals surface area (Å²) in [6, 6.07) is 0. The third-order valence-corrected chi connectivity index (χ3v) is 7.91. The number of hydrogen-bond acceptors (Lipinski definition) is 2. The average Bonchev–Trinajstić information content (AvgIpc) is 2.74. The fourth-order valence-electron chi connectivity index (χ4n) is 6.69. The first-order chi connectivity index (χ1) is 9.56. The molecule has 0 spiro atoms. The number of aliphatic hydroxyl groups excluding tert-OH is 1. The van der Waals surface area contributed by atoms with Crippen LogP contribution in [-0.4, -0.2) is 23.9 Å². The molecule has 1 saturated heterocycles. The van der Waals surface area contributed by atoms with Crippen molar-refractivity contribution in [2.75, 3.05) is 6.61 Å². The highest BCUT2D eigenvalue weighted by Gasteiger charge is 2.59. The second-order valence-corrected chi connectivity index (χ2v) is 8.56. The summed E-state index contributed by atoms with van der Waals surface area (Å²) in [5.41, 5.74) is 0.649. The van der Waals surface area contributed by atoms with Crippen LogP contribution in [0.5, 0.6) is 0 Å². The molecule has 1 aliphatic heterocycles. The van der Waals surface area contributed by atoms with Gasteiger partial charge in [0.2, 0.25) is 0 Å². The zero-order chi connectivity index (χ0) is 14.0. The van der Waals surface area contributed by atoms with Crippen LogP contribution >= 0.6 is 0 Å². The summed E-state index contributed by atoms with van der Waals surface area (Å²) in [6.45, 7) is 5.87. The second-order valence-electron chi connectivity index (χ2n) is 8.56. The van der Waals surface area contributed by atoms with Gasteiger partial charge in [-0.3, -0.25) is 0 Å². The minimum Gasteiger partial charge on any atom is -0.393 e. The van der Waals surface area contributed by atoms with Crippen LogP contribution in [-0.2, 0) is 4.74 Å². The standard InChI is InChI=1S/C18H30O2/c1-17-10-8-14-12(13(17)5-6-15(17)19)4-7-16-18(14,2)9-3-11-20-16/h12-16,19H,3-11H2,1-2H3/t12?,13?,14?,15?,16?,17-,18+/m0/s1. The van der Waals surface area contributed by atoms with Gasteiger partial charge in [0.05, 0.1) is 12.2 Å². The second kappa shape index (κ2) is 4.46. The van der Waals surface area contributed by atoms with E-state index in [-0.39, 0.29) is 11.5 Å². The average molecular weight is 278 g/mol. The first-order valence-corrected chi connectivity index (χ1v) is 8.85. The Morgan fingerprint density at radius 2 is 1.70 bits per heavy atom. The maximum absolute atomic E-state index is 10.4. The Morgan fingerprint density at radius 1 is 0.900 bits per heavy atom. The van der Waals surface area contributed by atoms with Crippen LogP contribution in [0, 0.1) is 28.6 Å². The lowest BCUT2D eigenvalue weighted by atomic mass is 9.48. The van der Waals surface area contributed by atoms with Crippen molar-refractivity contribution in [1.82, 2.24) is 0 Å². The third-order valence-electron chi connectivity index (χ3n) is 7.91. The quantitative estimate of drug-likeness (QED) is 0.731. The predicted molar refractivity (Wildman–Crippen MR) is 79.4 cm³/mol. The molecule has 114 valence electrons. The first-order valence-electron chi connectivity index (χ1n) is 8.85. The molecule has 2 nitrogen and oxygen atoms in total. The Bertz CT molecular complexity index is 395. The Hall–Kier alpha value is -0.0800. The van der Waals surface area contributed by atoms with Crippen molar-refractivity contribution in [2.45, 2.75) is 77.4 Å². The highest BCUT2D eigenvalue weighted by Crippen LogP contribution is 2.64. The van der Waals surface area contributed by atoms with E-state index in [9.17, 15) is 5.11 Å². The van der Waals surface area contributed by atoms with Crippen molar-refractivity contribution >= 4 is 0 Å². The Morgan fingerprint density at radius 3 is 2.55 bits per heavy atom. The van der Waals surface area contributed by atoms with Gasteiger partial charge in [-0.05, 0) is 80.0 Å². The van der Waals surface area contributed by atoms with Crippen LogP contribution in [0.15, 0.2) is 0 Å². The van der Waals surface area contributed by atoms with Crippen molar-refractivity contribution in [3.05, 3.63) is 0 Å². The largest absolute Gasteiger partial charge is 0.393 e. The van der Waals surface area contributed by atoms with Gasteiger partial charge in [0.25, 0.3) is 0 Å². The van der Waals surface area contributed by atoms with E-state index < -0.39 is 0 Å². The highest BCUT2D eigenvalue weighted by molar-refractivity contribution is 5.09. The van der Waals surface area contributed by atoms with E-state index in [0.717, 1.165) is 30.8 Å². The molecular weight excluding hydrogens is 248 g/mol. The third kappa shape index (κ3) is 1.64. The Kier molecular flexibility index (Phi) is 3.03. The topological polar surface area (TPSA) is 29.5 Å². The summed E-state index contributed by atoms with van der Waals surface area (Å²) in [5, 5.41) is 10.4. The van der Waals surface area contributed by atoms with Gasteiger partial charge in [-0.1, -0.05) is 13.8 Å². The van der Waals surface area contributed by atoms with Crippen LogP contribution < -0.4 is 0 Å². The molecule has 3 saturated carbocycles. The summed E-state index contributed by atoms with van der Waals surface area (Å²) in [5.74, 6) is 2.48. The first kappa shape index (κ1) is 13.6. The number of aliphatic hydroxyl groups is 1. The van der Waals surface area contributed by atoms with E-state index in [1.165, 1.54) is 44.9 Å². The summed E-state index contributed by atoms with van der Waals surface area (Å²) in [4.78, 5) is 0. The zero-order valence-corrected chi connectivity index (χ0v) is 13.1. The Labute approximate surface area is 123 Å². The van der Waals surface area contributed by atoms with Gasteiger partial charge in [-0.15, -0.1) is 0 Å². The molecule has 0 radical (unpaired) electrons. The molecule has 0 aromatic carbocycles. The van der Waals surface area contributed by atoms with E-state index in [4.69, 9.17) is 4.74 Å². The van der Waals surface area contributed by atoms with Crippen molar-refractivity contribution in [3.8, 4) is 0 Å². The van der Waals surface area contributed by atoms with Crippen LogP contribution in [0.4, 0.5) is 0 Å². The van der Waals surface area contributed by atoms with E-state index in [1.54, 1.807) is 0 Å². The van der Waals surface area contributed by atoms with Gasteiger partial charge < -0.3 is 9.84 Å². The van der Waals surface area contributed by atoms with Gasteiger partial charge in [-0.25, -0.2) is 0 Å². The predicted octanol–water partition coefficient (Wildman–Crippen LogP) is 3.77. The molecule has 0 aromatic heterocycles. The summed E-state index contributed by atoms with van der Waals surface area (Å²) < 4.78 is 6.14. The molecule has 4 aliphatic rings. The maximum Gasteiger partial charge on any atom is 0.0631 e. The van der Waals surface area contributed by atoms with E-state index in [1.807, 2.05) is 0 Å². The van der Waals surface area contributed by atoms with Gasteiger partial charge in [0, 0.05) is 6.61 Å². The van der Waals surface area contributed by atoms with Crippen molar-refractivity contribution in [3.63, 3.8) is 0 Å². The molecule has 0 aromatic rings. The lowest BCUT2D eigenvalue weighted by Crippen LogP contribution is -2.56.